The minimum Gasteiger partial charge on any atom is -0.497 e. The van der Waals surface area contributed by atoms with E-state index in [9.17, 15) is 0 Å². The second-order valence-corrected chi connectivity index (χ2v) is 7.51. The maximum absolute atomic E-state index is 5.98. The Bertz CT molecular complexity index is 907. The van der Waals surface area contributed by atoms with E-state index in [1.54, 1.807) is 25.6 Å². The molecule has 0 saturated carbocycles. The molecular formula is C20H23N3O3S. The van der Waals surface area contributed by atoms with Crippen molar-refractivity contribution in [2.45, 2.75) is 32.4 Å². The van der Waals surface area contributed by atoms with Crippen molar-refractivity contribution in [2.75, 3.05) is 20.8 Å². The first-order valence-corrected chi connectivity index (χ1v) is 9.89. The quantitative estimate of drug-likeness (QED) is 0.624. The molecule has 1 unspecified atom stereocenters. The normalized spacial score (nSPS) is 17.4. The summed E-state index contributed by atoms with van der Waals surface area (Å²) >= 11 is 1.72. The highest BCUT2D eigenvalue weighted by molar-refractivity contribution is 7.09. The molecule has 3 heterocycles. The number of methoxy groups -OCH3 is 2. The van der Waals surface area contributed by atoms with E-state index in [-0.39, 0.29) is 0 Å². The minimum absolute atomic E-state index is 0.375. The molecule has 1 fully saturated rings. The Balaban J connectivity index is 1.59. The number of thiazole rings is 1. The molecule has 3 aromatic rings. The SMILES string of the molecule is COc1ccc(-c2nc(CN3CCCC3c3nccs3)c(C)o2)c(OC)c1. The van der Waals surface area contributed by atoms with Gasteiger partial charge in [-0.15, -0.1) is 11.3 Å². The average Bonchev–Trinajstić information content (AvgIpc) is 3.43. The van der Waals surface area contributed by atoms with E-state index in [1.807, 2.05) is 36.7 Å². The third kappa shape index (κ3) is 3.57. The van der Waals surface area contributed by atoms with Crippen LogP contribution in [0.2, 0.25) is 0 Å². The first-order valence-electron chi connectivity index (χ1n) is 9.01. The number of aryl methyl sites for hydroxylation is 1. The fraction of sp³-hybridized carbons (Fsp3) is 0.400. The van der Waals surface area contributed by atoms with Crippen molar-refractivity contribution in [3.63, 3.8) is 0 Å². The maximum Gasteiger partial charge on any atom is 0.230 e. The van der Waals surface area contributed by atoms with Gasteiger partial charge in [0.25, 0.3) is 0 Å². The van der Waals surface area contributed by atoms with Crippen molar-refractivity contribution in [2.24, 2.45) is 0 Å². The number of benzene rings is 1. The van der Waals surface area contributed by atoms with E-state index in [4.69, 9.17) is 18.9 Å². The molecule has 0 radical (unpaired) electrons. The van der Waals surface area contributed by atoms with Gasteiger partial charge in [-0.2, -0.15) is 0 Å². The zero-order valence-electron chi connectivity index (χ0n) is 15.8. The van der Waals surface area contributed by atoms with E-state index in [1.165, 1.54) is 11.4 Å². The molecule has 1 aliphatic rings. The van der Waals surface area contributed by atoms with Crippen molar-refractivity contribution in [1.82, 2.24) is 14.9 Å². The molecule has 4 rings (SSSR count). The second kappa shape index (κ2) is 7.70. The maximum atomic E-state index is 5.98. The number of rotatable bonds is 6. The Morgan fingerprint density at radius 2 is 2.19 bits per heavy atom. The first kappa shape index (κ1) is 18.0. The van der Waals surface area contributed by atoms with Crippen LogP contribution in [0.15, 0.2) is 34.2 Å². The van der Waals surface area contributed by atoms with Gasteiger partial charge in [-0.1, -0.05) is 0 Å². The molecule has 27 heavy (non-hydrogen) atoms. The Labute approximate surface area is 162 Å². The molecule has 142 valence electrons. The number of aromatic nitrogens is 2. The first-order chi connectivity index (χ1) is 13.2. The lowest BCUT2D eigenvalue weighted by atomic mass is 10.2. The van der Waals surface area contributed by atoms with Gasteiger partial charge in [-0.25, -0.2) is 9.97 Å². The zero-order chi connectivity index (χ0) is 18.8. The Hall–Kier alpha value is -2.38. The summed E-state index contributed by atoms with van der Waals surface area (Å²) in [6.45, 7) is 3.78. The van der Waals surface area contributed by atoms with Gasteiger partial charge in [0.1, 0.15) is 22.3 Å². The smallest absolute Gasteiger partial charge is 0.230 e. The molecule has 1 aromatic carbocycles. The van der Waals surface area contributed by atoms with Gasteiger partial charge in [0.05, 0.1) is 31.5 Å². The molecule has 1 aliphatic heterocycles. The Morgan fingerprint density at radius 1 is 1.30 bits per heavy atom. The third-order valence-corrected chi connectivity index (χ3v) is 5.86. The highest BCUT2D eigenvalue weighted by atomic mass is 32.1. The lowest BCUT2D eigenvalue weighted by Crippen LogP contribution is -2.23. The average molecular weight is 385 g/mol. The monoisotopic (exact) mass is 385 g/mol. The van der Waals surface area contributed by atoms with Gasteiger partial charge in [0.2, 0.25) is 5.89 Å². The number of nitrogens with zero attached hydrogens (tertiary/aromatic N) is 3. The molecule has 0 spiro atoms. The van der Waals surface area contributed by atoms with E-state index in [2.05, 4.69) is 9.88 Å². The summed E-state index contributed by atoms with van der Waals surface area (Å²) in [6.07, 6.45) is 4.20. The summed E-state index contributed by atoms with van der Waals surface area (Å²) in [5.41, 5.74) is 1.79. The van der Waals surface area contributed by atoms with Gasteiger partial charge in [-0.3, -0.25) is 4.90 Å². The van der Waals surface area contributed by atoms with Crippen molar-refractivity contribution in [3.8, 4) is 23.0 Å². The molecule has 0 bridgehead atoms. The van der Waals surface area contributed by atoms with Crippen molar-refractivity contribution in [3.05, 3.63) is 46.2 Å². The van der Waals surface area contributed by atoms with Crippen LogP contribution in [-0.2, 0) is 6.54 Å². The van der Waals surface area contributed by atoms with Gasteiger partial charge in [0, 0.05) is 24.2 Å². The van der Waals surface area contributed by atoms with E-state index in [0.717, 1.165) is 42.3 Å². The van der Waals surface area contributed by atoms with E-state index >= 15 is 0 Å². The van der Waals surface area contributed by atoms with Crippen LogP contribution in [0, 0.1) is 6.92 Å². The number of hydrogen-bond donors (Lipinski definition) is 0. The largest absolute Gasteiger partial charge is 0.497 e. The van der Waals surface area contributed by atoms with Crippen LogP contribution in [0.4, 0.5) is 0 Å². The summed E-state index contributed by atoms with van der Waals surface area (Å²) in [5.74, 6) is 2.84. The number of oxazole rings is 1. The summed E-state index contributed by atoms with van der Waals surface area (Å²) in [7, 11) is 3.27. The molecule has 1 atom stereocenters. The molecule has 6 nitrogen and oxygen atoms in total. The van der Waals surface area contributed by atoms with Crippen LogP contribution >= 0.6 is 11.3 Å². The van der Waals surface area contributed by atoms with E-state index in [0.29, 0.717) is 17.7 Å². The minimum atomic E-state index is 0.375. The lowest BCUT2D eigenvalue weighted by molar-refractivity contribution is 0.244. The predicted molar refractivity (Wildman–Crippen MR) is 104 cm³/mol. The topological polar surface area (TPSA) is 60.6 Å². The molecule has 0 N–H and O–H groups in total. The third-order valence-electron chi connectivity index (χ3n) is 4.98. The van der Waals surface area contributed by atoms with Crippen LogP contribution in [-0.4, -0.2) is 35.6 Å². The van der Waals surface area contributed by atoms with Crippen molar-refractivity contribution >= 4 is 11.3 Å². The summed E-state index contributed by atoms with van der Waals surface area (Å²) in [5, 5.41) is 3.23. The highest BCUT2D eigenvalue weighted by Crippen LogP contribution is 2.36. The molecule has 1 saturated heterocycles. The summed E-state index contributed by atoms with van der Waals surface area (Å²) < 4.78 is 16.7. The van der Waals surface area contributed by atoms with E-state index < -0.39 is 0 Å². The van der Waals surface area contributed by atoms with Gasteiger partial charge in [0.15, 0.2) is 0 Å². The zero-order valence-corrected chi connectivity index (χ0v) is 16.6. The Kier molecular flexibility index (Phi) is 5.13. The molecule has 7 heteroatoms. The number of ether oxygens (including phenoxy) is 2. The highest BCUT2D eigenvalue weighted by Gasteiger charge is 2.29. The van der Waals surface area contributed by atoms with Gasteiger partial charge in [-0.05, 0) is 38.4 Å². The van der Waals surface area contributed by atoms with Crippen molar-refractivity contribution < 1.29 is 13.9 Å². The van der Waals surface area contributed by atoms with Crippen LogP contribution in [0.3, 0.4) is 0 Å². The molecule has 0 aliphatic carbocycles. The van der Waals surface area contributed by atoms with Gasteiger partial charge < -0.3 is 13.9 Å². The predicted octanol–water partition coefficient (Wildman–Crippen LogP) is 4.46. The molecule has 0 amide bonds. The van der Waals surface area contributed by atoms with Crippen LogP contribution in [0.5, 0.6) is 11.5 Å². The molecular weight excluding hydrogens is 362 g/mol. The lowest BCUT2D eigenvalue weighted by Gasteiger charge is -2.21. The van der Waals surface area contributed by atoms with Crippen molar-refractivity contribution in [1.29, 1.82) is 0 Å². The fourth-order valence-corrected chi connectivity index (χ4v) is 4.36. The van der Waals surface area contributed by atoms with Gasteiger partial charge >= 0.3 is 0 Å². The number of hydrogen-bond acceptors (Lipinski definition) is 7. The van der Waals surface area contributed by atoms with Crippen LogP contribution in [0.1, 0.15) is 35.3 Å². The summed E-state index contributed by atoms with van der Waals surface area (Å²) in [4.78, 5) is 11.7. The number of likely N-dealkylation sites (tertiary alicyclic amines) is 1. The molecule has 2 aromatic heterocycles. The van der Waals surface area contributed by atoms with Crippen LogP contribution in [0.25, 0.3) is 11.5 Å². The standard InChI is InChI=1S/C20H23N3O3S/c1-13-16(12-23-9-4-5-17(23)20-21-8-10-27-20)22-19(26-13)15-7-6-14(24-2)11-18(15)25-3/h6-8,10-11,17H,4-5,9,12H2,1-3H3. The summed E-state index contributed by atoms with van der Waals surface area (Å²) in [6, 6.07) is 6.02. The second-order valence-electron chi connectivity index (χ2n) is 6.59. The van der Waals surface area contributed by atoms with Crippen LogP contribution < -0.4 is 9.47 Å². The fourth-order valence-electron chi connectivity index (χ4n) is 3.55. The Morgan fingerprint density at radius 3 is 2.93 bits per heavy atom.